The minimum atomic E-state index is -0.857. The fourth-order valence-electron chi connectivity index (χ4n) is 2.35. The first-order valence-corrected chi connectivity index (χ1v) is 8.40. The van der Waals surface area contributed by atoms with Crippen LogP contribution in [0.4, 0.5) is 5.13 Å². The van der Waals surface area contributed by atoms with Crippen LogP contribution in [0.3, 0.4) is 0 Å². The van der Waals surface area contributed by atoms with E-state index in [2.05, 4.69) is 10.3 Å². The van der Waals surface area contributed by atoms with E-state index in [4.69, 9.17) is 10.5 Å². The second-order valence-electron chi connectivity index (χ2n) is 5.54. The molecule has 0 unspecified atom stereocenters. The molecule has 0 saturated carbocycles. The van der Waals surface area contributed by atoms with Crippen LogP contribution in [0.15, 0.2) is 35.7 Å². The Hall–Kier alpha value is -1.73. The lowest BCUT2D eigenvalue weighted by molar-refractivity contribution is -0.124. The highest BCUT2D eigenvalue weighted by atomic mass is 35.5. The van der Waals surface area contributed by atoms with Crippen molar-refractivity contribution < 1.29 is 9.53 Å². The van der Waals surface area contributed by atoms with Crippen molar-refractivity contribution in [1.29, 1.82) is 0 Å². The van der Waals surface area contributed by atoms with Crippen LogP contribution in [0.5, 0.6) is 0 Å². The normalized spacial score (nSPS) is 16.5. The predicted molar refractivity (Wildman–Crippen MR) is 100 cm³/mol. The number of halogens is 1. The molecule has 0 spiro atoms. The molecule has 1 aromatic carbocycles. The van der Waals surface area contributed by atoms with Crippen LogP contribution in [0.25, 0.3) is 12.2 Å². The number of amides is 1. The zero-order valence-electron chi connectivity index (χ0n) is 13.1. The number of rotatable bonds is 4. The van der Waals surface area contributed by atoms with Gasteiger partial charge >= 0.3 is 0 Å². The summed E-state index contributed by atoms with van der Waals surface area (Å²) in [5.74, 6) is -0.186. The first-order valence-electron chi connectivity index (χ1n) is 7.52. The maximum atomic E-state index is 12.3. The first kappa shape index (κ1) is 18.6. The van der Waals surface area contributed by atoms with Gasteiger partial charge in [-0.15, -0.1) is 23.7 Å². The third-order valence-corrected chi connectivity index (χ3v) is 4.60. The molecule has 1 aliphatic heterocycles. The molecule has 0 atom stereocenters. The van der Waals surface area contributed by atoms with E-state index in [9.17, 15) is 4.79 Å². The van der Waals surface area contributed by atoms with Crippen molar-refractivity contribution in [2.75, 3.05) is 18.5 Å². The summed E-state index contributed by atoms with van der Waals surface area (Å²) in [5.41, 5.74) is 7.22. The van der Waals surface area contributed by atoms with Gasteiger partial charge in [0.1, 0.15) is 5.54 Å². The summed E-state index contributed by atoms with van der Waals surface area (Å²) in [6, 6.07) is 10.00. The van der Waals surface area contributed by atoms with Gasteiger partial charge in [-0.3, -0.25) is 4.79 Å². The van der Waals surface area contributed by atoms with Gasteiger partial charge in [-0.1, -0.05) is 36.4 Å². The lowest BCUT2D eigenvalue weighted by Crippen LogP contribution is -2.54. The van der Waals surface area contributed by atoms with Gasteiger partial charge in [-0.25, -0.2) is 4.98 Å². The van der Waals surface area contributed by atoms with Gasteiger partial charge in [0.25, 0.3) is 0 Å². The number of hydrogen-bond acceptors (Lipinski definition) is 5. The Morgan fingerprint density at radius 2 is 1.96 bits per heavy atom. The van der Waals surface area contributed by atoms with Crippen LogP contribution >= 0.6 is 23.7 Å². The van der Waals surface area contributed by atoms with Crippen LogP contribution in [-0.2, 0) is 9.53 Å². The number of ether oxygens (including phenoxy) is 1. The van der Waals surface area contributed by atoms with Gasteiger partial charge in [-0.05, 0) is 24.5 Å². The fraction of sp³-hybridized carbons (Fsp3) is 0.294. The topological polar surface area (TPSA) is 77.2 Å². The Kier molecular flexibility index (Phi) is 6.51. The highest BCUT2D eigenvalue weighted by molar-refractivity contribution is 7.14. The maximum absolute atomic E-state index is 12.3. The lowest BCUT2D eigenvalue weighted by Gasteiger charge is -2.31. The minimum absolute atomic E-state index is 0. The molecule has 2 aromatic rings. The monoisotopic (exact) mass is 365 g/mol. The number of aromatic nitrogens is 1. The van der Waals surface area contributed by atoms with Crippen LogP contribution in [-0.4, -0.2) is 29.6 Å². The highest BCUT2D eigenvalue weighted by Gasteiger charge is 2.36. The standard InChI is InChI=1S/C17H19N3O2S.ClH/c18-17(8-10-22-11-9-17)15(21)20-16-19-14(12-23-16)7-6-13-4-2-1-3-5-13;/h1-7,12H,8-11,18H2,(H,19,20,21);1H/b7-6+;. The summed E-state index contributed by atoms with van der Waals surface area (Å²) in [6.07, 6.45) is 4.98. The van der Waals surface area contributed by atoms with Gasteiger partial charge in [-0.2, -0.15) is 0 Å². The molecule has 3 N–H and O–H groups in total. The largest absolute Gasteiger partial charge is 0.381 e. The quantitative estimate of drug-likeness (QED) is 0.872. The van der Waals surface area contributed by atoms with E-state index in [0.717, 1.165) is 11.3 Å². The molecule has 24 heavy (non-hydrogen) atoms. The Morgan fingerprint density at radius 3 is 2.67 bits per heavy atom. The summed E-state index contributed by atoms with van der Waals surface area (Å²) in [6.45, 7) is 1.04. The highest BCUT2D eigenvalue weighted by Crippen LogP contribution is 2.22. The average molecular weight is 366 g/mol. The van der Waals surface area contributed by atoms with Gasteiger partial charge in [0.2, 0.25) is 5.91 Å². The fourth-order valence-corrected chi connectivity index (χ4v) is 3.02. The third-order valence-electron chi connectivity index (χ3n) is 3.83. The maximum Gasteiger partial charge on any atom is 0.246 e. The molecule has 128 valence electrons. The number of hydrogen-bond donors (Lipinski definition) is 2. The molecule has 1 aliphatic rings. The van der Waals surface area contributed by atoms with Crippen molar-refractivity contribution >= 4 is 46.9 Å². The molecular formula is C17H20ClN3O2S. The third kappa shape index (κ3) is 4.64. The summed E-state index contributed by atoms with van der Waals surface area (Å²) in [5, 5.41) is 5.30. The van der Waals surface area contributed by atoms with Gasteiger partial charge in [0, 0.05) is 18.6 Å². The Labute approximate surface area is 151 Å². The smallest absolute Gasteiger partial charge is 0.246 e. The Bertz CT molecular complexity index is 697. The van der Waals surface area contributed by atoms with Gasteiger partial charge in [0.05, 0.1) is 5.69 Å². The van der Waals surface area contributed by atoms with Crippen molar-refractivity contribution in [3.05, 3.63) is 47.0 Å². The molecule has 0 radical (unpaired) electrons. The summed E-state index contributed by atoms with van der Waals surface area (Å²) in [7, 11) is 0. The molecule has 1 saturated heterocycles. The summed E-state index contributed by atoms with van der Waals surface area (Å²) < 4.78 is 5.26. The molecule has 0 bridgehead atoms. The van der Waals surface area contributed by atoms with Crippen LogP contribution < -0.4 is 11.1 Å². The number of anilines is 1. The van der Waals surface area contributed by atoms with E-state index in [1.54, 1.807) is 0 Å². The number of nitrogens with one attached hydrogen (secondary N) is 1. The van der Waals surface area contributed by atoms with Crippen LogP contribution in [0.2, 0.25) is 0 Å². The van der Waals surface area contributed by atoms with Crippen LogP contribution in [0.1, 0.15) is 24.1 Å². The van der Waals surface area contributed by atoms with Crippen molar-refractivity contribution in [3.8, 4) is 0 Å². The van der Waals surface area contributed by atoms with Gasteiger partial charge in [0.15, 0.2) is 5.13 Å². The van der Waals surface area contributed by atoms with E-state index >= 15 is 0 Å². The van der Waals surface area contributed by atoms with Crippen molar-refractivity contribution in [2.45, 2.75) is 18.4 Å². The number of carbonyl (C=O) groups is 1. The molecular weight excluding hydrogens is 346 g/mol. The first-order chi connectivity index (χ1) is 11.2. The molecule has 5 nitrogen and oxygen atoms in total. The zero-order chi connectivity index (χ0) is 16.1. The van der Waals surface area contributed by atoms with E-state index < -0.39 is 5.54 Å². The molecule has 3 rings (SSSR count). The molecule has 1 fully saturated rings. The number of nitrogens with zero attached hydrogens (tertiary/aromatic N) is 1. The van der Waals surface area contributed by atoms with Crippen molar-refractivity contribution in [2.24, 2.45) is 5.73 Å². The van der Waals surface area contributed by atoms with Crippen molar-refractivity contribution in [1.82, 2.24) is 4.98 Å². The molecule has 0 aliphatic carbocycles. The van der Waals surface area contributed by atoms with Gasteiger partial charge < -0.3 is 15.8 Å². The molecule has 1 amide bonds. The second kappa shape index (κ2) is 8.39. The van der Waals surface area contributed by atoms with E-state index in [0.29, 0.717) is 31.2 Å². The molecule has 2 heterocycles. The lowest BCUT2D eigenvalue weighted by atomic mass is 9.90. The second-order valence-corrected chi connectivity index (χ2v) is 6.40. The minimum Gasteiger partial charge on any atom is -0.381 e. The summed E-state index contributed by atoms with van der Waals surface area (Å²) >= 11 is 1.39. The summed E-state index contributed by atoms with van der Waals surface area (Å²) in [4.78, 5) is 16.7. The zero-order valence-corrected chi connectivity index (χ0v) is 14.7. The number of thiazole rings is 1. The molecule has 7 heteroatoms. The number of carbonyl (C=O) groups excluding carboxylic acids is 1. The predicted octanol–water partition coefficient (Wildman–Crippen LogP) is 3.18. The Balaban J connectivity index is 0.00000208. The number of nitrogens with two attached hydrogens (primary N) is 1. The van der Waals surface area contributed by atoms with E-state index in [-0.39, 0.29) is 18.3 Å². The Morgan fingerprint density at radius 1 is 1.25 bits per heavy atom. The number of benzene rings is 1. The van der Waals surface area contributed by atoms with E-state index in [1.165, 1.54) is 11.3 Å². The van der Waals surface area contributed by atoms with E-state index in [1.807, 2.05) is 47.9 Å². The van der Waals surface area contributed by atoms with Crippen LogP contribution in [0, 0.1) is 0 Å². The SMILES string of the molecule is Cl.NC1(C(=O)Nc2nc(/C=C/c3ccccc3)cs2)CCOCC1. The average Bonchev–Trinajstić information content (AvgIpc) is 3.02. The molecule has 1 aromatic heterocycles. The van der Waals surface area contributed by atoms with Crippen molar-refractivity contribution in [3.63, 3.8) is 0 Å².